The van der Waals surface area contributed by atoms with E-state index in [1.165, 1.54) is 12.1 Å². The van der Waals surface area contributed by atoms with Crippen molar-refractivity contribution < 1.29 is 9.18 Å². The van der Waals surface area contributed by atoms with E-state index in [1.807, 2.05) is 6.92 Å². The molecule has 0 aromatic heterocycles. The van der Waals surface area contributed by atoms with Crippen LogP contribution in [0.2, 0.25) is 5.02 Å². The molecule has 16 heavy (non-hydrogen) atoms. The minimum absolute atomic E-state index is 0.00549. The number of nitrogens with one attached hydrogen (secondary N) is 1. The lowest BCUT2D eigenvalue weighted by atomic mass is 10.2. The van der Waals surface area contributed by atoms with E-state index in [4.69, 9.17) is 17.3 Å². The maximum absolute atomic E-state index is 13.3. The van der Waals surface area contributed by atoms with Crippen LogP contribution in [0.3, 0.4) is 0 Å². The van der Waals surface area contributed by atoms with Crippen LogP contribution in [-0.4, -0.2) is 18.5 Å². The fourth-order valence-corrected chi connectivity index (χ4v) is 1.34. The molecule has 0 aliphatic heterocycles. The Morgan fingerprint density at radius 1 is 1.62 bits per heavy atom. The lowest BCUT2D eigenvalue weighted by Crippen LogP contribution is -2.29. The van der Waals surface area contributed by atoms with Gasteiger partial charge in [0.2, 0.25) is 0 Å². The van der Waals surface area contributed by atoms with Gasteiger partial charge in [0, 0.05) is 17.6 Å². The number of hydrogen-bond acceptors (Lipinski definition) is 2. The average Bonchev–Trinajstić information content (AvgIpc) is 2.16. The van der Waals surface area contributed by atoms with Gasteiger partial charge in [-0.25, -0.2) is 4.39 Å². The molecule has 1 unspecified atom stereocenters. The molecular weight excluding hydrogens is 231 g/mol. The van der Waals surface area contributed by atoms with Gasteiger partial charge >= 0.3 is 0 Å². The summed E-state index contributed by atoms with van der Waals surface area (Å²) in [7, 11) is 0. The Morgan fingerprint density at radius 3 is 2.88 bits per heavy atom. The van der Waals surface area contributed by atoms with Crippen molar-refractivity contribution in [2.45, 2.75) is 19.4 Å². The maximum Gasteiger partial charge on any atom is 0.254 e. The van der Waals surface area contributed by atoms with Crippen molar-refractivity contribution in [3.63, 3.8) is 0 Å². The number of amides is 1. The molecule has 0 bridgehead atoms. The summed E-state index contributed by atoms with van der Waals surface area (Å²) in [5.41, 5.74) is 5.52. The number of hydrogen-bond donors (Lipinski definition) is 2. The number of carbonyl (C=O) groups excluding carboxylic acids is 1. The summed E-state index contributed by atoms with van der Waals surface area (Å²) in [5.74, 6) is -1.07. The highest BCUT2D eigenvalue weighted by Crippen LogP contribution is 2.14. The van der Waals surface area contributed by atoms with Gasteiger partial charge in [-0.1, -0.05) is 11.6 Å². The summed E-state index contributed by atoms with van der Waals surface area (Å²) in [4.78, 5) is 11.5. The quantitative estimate of drug-likeness (QED) is 0.851. The summed E-state index contributed by atoms with van der Waals surface area (Å²) >= 11 is 5.58. The number of nitrogens with two attached hydrogens (primary N) is 1. The molecule has 0 saturated carbocycles. The van der Waals surface area contributed by atoms with E-state index in [9.17, 15) is 9.18 Å². The van der Waals surface area contributed by atoms with Gasteiger partial charge in [0.1, 0.15) is 5.82 Å². The molecule has 0 radical (unpaired) electrons. The van der Waals surface area contributed by atoms with Gasteiger partial charge in [-0.15, -0.1) is 0 Å². The highest BCUT2D eigenvalue weighted by atomic mass is 35.5. The zero-order valence-corrected chi connectivity index (χ0v) is 9.72. The molecular formula is C11H14ClFN2O. The van der Waals surface area contributed by atoms with Crippen molar-refractivity contribution in [1.29, 1.82) is 0 Å². The van der Waals surface area contributed by atoms with Gasteiger partial charge in [0.05, 0.1) is 5.56 Å². The van der Waals surface area contributed by atoms with Crippen LogP contribution in [0.25, 0.3) is 0 Å². The van der Waals surface area contributed by atoms with Crippen molar-refractivity contribution in [2.24, 2.45) is 5.73 Å². The second-order valence-corrected chi connectivity index (χ2v) is 4.08. The van der Waals surface area contributed by atoms with Gasteiger partial charge in [0.15, 0.2) is 0 Å². The topological polar surface area (TPSA) is 55.1 Å². The second kappa shape index (κ2) is 5.82. The number of carbonyl (C=O) groups is 1. The van der Waals surface area contributed by atoms with Crippen LogP contribution >= 0.6 is 11.6 Å². The van der Waals surface area contributed by atoms with E-state index in [1.54, 1.807) is 0 Å². The van der Waals surface area contributed by atoms with E-state index in [-0.39, 0.29) is 16.6 Å². The van der Waals surface area contributed by atoms with Crippen molar-refractivity contribution in [3.05, 3.63) is 34.6 Å². The number of rotatable bonds is 4. The molecule has 0 heterocycles. The molecule has 1 atom stereocenters. The first-order chi connectivity index (χ1) is 7.50. The number of halogens is 2. The number of benzene rings is 1. The lowest BCUT2D eigenvalue weighted by molar-refractivity contribution is 0.0949. The molecule has 0 fully saturated rings. The fourth-order valence-electron chi connectivity index (χ4n) is 1.18. The van der Waals surface area contributed by atoms with E-state index < -0.39 is 11.7 Å². The first kappa shape index (κ1) is 12.9. The summed E-state index contributed by atoms with van der Waals surface area (Å²) in [6, 6.07) is 3.96. The maximum atomic E-state index is 13.3. The molecule has 0 aliphatic rings. The summed E-state index contributed by atoms with van der Waals surface area (Å²) in [5, 5.41) is 2.86. The van der Waals surface area contributed by atoms with Crippen LogP contribution in [0.4, 0.5) is 4.39 Å². The monoisotopic (exact) mass is 244 g/mol. The minimum Gasteiger partial charge on any atom is -0.352 e. The molecule has 1 aromatic carbocycles. The third-order valence-electron chi connectivity index (χ3n) is 2.06. The molecule has 5 heteroatoms. The fraction of sp³-hybridized carbons (Fsp3) is 0.364. The molecule has 1 aromatic rings. The Bertz CT molecular complexity index is 382. The molecule has 88 valence electrons. The summed E-state index contributed by atoms with van der Waals surface area (Å²) < 4.78 is 13.3. The molecule has 3 nitrogen and oxygen atoms in total. The predicted molar refractivity (Wildman–Crippen MR) is 62.0 cm³/mol. The highest BCUT2D eigenvalue weighted by molar-refractivity contribution is 6.30. The third-order valence-corrected chi connectivity index (χ3v) is 2.30. The predicted octanol–water partition coefficient (Wildman–Crippen LogP) is 1.95. The van der Waals surface area contributed by atoms with Crippen LogP contribution < -0.4 is 11.1 Å². The molecule has 3 N–H and O–H groups in total. The van der Waals surface area contributed by atoms with Crippen LogP contribution in [0, 0.1) is 5.82 Å². The molecule has 0 saturated heterocycles. The largest absolute Gasteiger partial charge is 0.352 e. The Kier molecular flexibility index (Phi) is 4.71. The molecule has 0 aliphatic carbocycles. The Hall–Kier alpha value is -1.13. The van der Waals surface area contributed by atoms with E-state index >= 15 is 0 Å². The van der Waals surface area contributed by atoms with Gasteiger partial charge in [-0.3, -0.25) is 4.79 Å². The van der Waals surface area contributed by atoms with Crippen LogP contribution in [-0.2, 0) is 0 Å². The Balaban J connectivity index is 2.59. The molecule has 1 rings (SSSR count). The van der Waals surface area contributed by atoms with Gasteiger partial charge in [-0.05, 0) is 31.5 Å². The smallest absolute Gasteiger partial charge is 0.254 e. The van der Waals surface area contributed by atoms with Crippen LogP contribution in [0.5, 0.6) is 0 Å². The SMILES string of the molecule is CC(N)CCNC(=O)c1ccc(Cl)cc1F. The Morgan fingerprint density at radius 2 is 2.31 bits per heavy atom. The first-order valence-corrected chi connectivity index (χ1v) is 5.37. The average molecular weight is 245 g/mol. The van der Waals surface area contributed by atoms with Crippen molar-refractivity contribution in [2.75, 3.05) is 6.54 Å². The first-order valence-electron chi connectivity index (χ1n) is 4.99. The van der Waals surface area contributed by atoms with Gasteiger partial charge in [-0.2, -0.15) is 0 Å². The third kappa shape index (κ3) is 3.79. The van der Waals surface area contributed by atoms with E-state index in [0.29, 0.717) is 13.0 Å². The zero-order valence-electron chi connectivity index (χ0n) is 8.97. The molecule has 0 spiro atoms. The summed E-state index contributed by atoms with van der Waals surface area (Å²) in [6.07, 6.45) is 0.654. The molecule has 1 amide bonds. The highest BCUT2D eigenvalue weighted by Gasteiger charge is 2.11. The summed E-state index contributed by atoms with van der Waals surface area (Å²) in [6.45, 7) is 2.27. The Labute approximate surface area is 98.8 Å². The van der Waals surface area contributed by atoms with Gasteiger partial charge in [0.25, 0.3) is 5.91 Å². The van der Waals surface area contributed by atoms with Crippen LogP contribution in [0.15, 0.2) is 18.2 Å². The minimum atomic E-state index is -0.620. The second-order valence-electron chi connectivity index (χ2n) is 3.65. The lowest BCUT2D eigenvalue weighted by Gasteiger charge is -2.07. The van der Waals surface area contributed by atoms with Crippen molar-refractivity contribution >= 4 is 17.5 Å². The zero-order chi connectivity index (χ0) is 12.1. The van der Waals surface area contributed by atoms with E-state index in [2.05, 4.69) is 5.32 Å². The van der Waals surface area contributed by atoms with E-state index in [0.717, 1.165) is 6.07 Å². The van der Waals surface area contributed by atoms with Gasteiger partial charge < -0.3 is 11.1 Å². The van der Waals surface area contributed by atoms with Crippen molar-refractivity contribution in [3.8, 4) is 0 Å². The standard InChI is InChI=1S/C11H14ClFN2O/c1-7(14)4-5-15-11(16)9-3-2-8(12)6-10(9)13/h2-3,6-7H,4-5,14H2,1H3,(H,15,16). The van der Waals surface area contributed by atoms with Crippen LogP contribution in [0.1, 0.15) is 23.7 Å². The van der Waals surface area contributed by atoms with Crippen molar-refractivity contribution in [1.82, 2.24) is 5.32 Å². The normalized spacial score (nSPS) is 12.2.